The van der Waals surface area contributed by atoms with Crippen LogP contribution in [0.1, 0.15) is 47.0 Å². The molecule has 0 heterocycles. The maximum atomic E-state index is 12.5. The molecule has 0 aliphatic carbocycles. The Morgan fingerprint density at radius 1 is 1.33 bits per heavy atom. The van der Waals surface area contributed by atoms with Crippen LogP contribution < -0.4 is 15.8 Å². The summed E-state index contributed by atoms with van der Waals surface area (Å²) < 4.78 is 5.77. The van der Waals surface area contributed by atoms with Crippen molar-refractivity contribution >= 4 is 11.6 Å². The number of nitrogens with two attached hydrogens (primary N) is 1. The van der Waals surface area contributed by atoms with Crippen molar-refractivity contribution in [2.75, 3.05) is 11.9 Å². The van der Waals surface area contributed by atoms with Gasteiger partial charge in [-0.15, -0.1) is 0 Å². The molecule has 0 aliphatic heterocycles. The van der Waals surface area contributed by atoms with Crippen LogP contribution in [0.5, 0.6) is 5.75 Å². The molecule has 0 bridgehead atoms. The van der Waals surface area contributed by atoms with Crippen molar-refractivity contribution in [1.29, 1.82) is 0 Å². The second kappa shape index (κ2) is 8.03. The predicted molar refractivity (Wildman–Crippen MR) is 87.5 cm³/mol. The molecule has 0 fully saturated rings. The van der Waals surface area contributed by atoms with Crippen molar-refractivity contribution in [3.8, 4) is 5.75 Å². The van der Waals surface area contributed by atoms with Gasteiger partial charge in [0, 0.05) is 18.3 Å². The van der Waals surface area contributed by atoms with Gasteiger partial charge in [0.2, 0.25) is 5.91 Å². The molecule has 0 aliphatic rings. The van der Waals surface area contributed by atoms with E-state index in [-0.39, 0.29) is 12.0 Å². The highest BCUT2D eigenvalue weighted by Crippen LogP contribution is 2.28. The number of hydrogen-bond acceptors (Lipinski definition) is 3. The van der Waals surface area contributed by atoms with Gasteiger partial charge >= 0.3 is 0 Å². The molecule has 3 N–H and O–H groups in total. The third-order valence-electron chi connectivity index (χ3n) is 4.23. The monoisotopic (exact) mass is 292 g/mol. The average Bonchev–Trinajstić information content (AvgIpc) is 2.50. The molecular weight excluding hydrogens is 264 g/mol. The molecule has 4 nitrogen and oxygen atoms in total. The van der Waals surface area contributed by atoms with Gasteiger partial charge < -0.3 is 15.8 Å². The maximum absolute atomic E-state index is 12.5. The third kappa shape index (κ3) is 4.46. The summed E-state index contributed by atoms with van der Waals surface area (Å²) in [4.78, 5) is 12.5. The van der Waals surface area contributed by atoms with Gasteiger partial charge in [0.1, 0.15) is 5.75 Å². The zero-order chi connectivity index (χ0) is 15.9. The Labute approximate surface area is 128 Å². The summed E-state index contributed by atoms with van der Waals surface area (Å²) in [5.74, 6) is 0.754. The second-order valence-electron chi connectivity index (χ2n) is 5.51. The van der Waals surface area contributed by atoms with E-state index in [4.69, 9.17) is 10.5 Å². The molecule has 21 heavy (non-hydrogen) atoms. The van der Waals surface area contributed by atoms with Gasteiger partial charge in [-0.3, -0.25) is 4.79 Å². The van der Waals surface area contributed by atoms with Crippen molar-refractivity contribution in [3.05, 3.63) is 24.3 Å². The van der Waals surface area contributed by atoms with E-state index in [9.17, 15) is 4.79 Å². The molecule has 118 valence electrons. The van der Waals surface area contributed by atoms with Crippen molar-refractivity contribution in [2.45, 2.75) is 53.1 Å². The fourth-order valence-electron chi connectivity index (χ4n) is 2.18. The van der Waals surface area contributed by atoms with Crippen LogP contribution in [0.3, 0.4) is 0 Å². The molecule has 0 aromatic heterocycles. The zero-order valence-electron chi connectivity index (χ0n) is 13.6. The summed E-state index contributed by atoms with van der Waals surface area (Å²) in [5.41, 5.74) is 6.07. The standard InChI is InChI=1S/C17H28N2O2/c1-5-13(4)21-15-10-8-9-14(11-15)19-16(20)17(6-2,7-3)12-18/h8-11,13H,5-7,12,18H2,1-4H3,(H,19,20). The van der Waals surface area contributed by atoms with Gasteiger partial charge in [-0.05, 0) is 38.3 Å². The lowest BCUT2D eigenvalue weighted by Gasteiger charge is -2.28. The van der Waals surface area contributed by atoms with E-state index in [1.807, 2.05) is 45.0 Å². The minimum absolute atomic E-state index is 0.0179. The van der Waals surface area contributed by atoms with E-state index >= 15 is 0 Å². The Morgan fingerprint density at radius 3 is 2.52 bits per heavy atom. The minimum atomic E-state index is -0.492. The molecule has 1 aromatic carbocycles. The van der Waals surface area contributed by atoms with Gasteiger partial charge in [-0.25, -0.2) is 0 Å². The highest BCUT2D eigenvalue weighted by atomic mass is 16.5. The van der Waals surface area contributed by atoms with Gasteiger partial charge in [-0.2, -0.15) is 0 Å². The largest absolute Gasteiger partial charge is 0.491 e. The van der Waals surface area contributed by atoms with E-state index in [1.54, 1.807) is 0 Å². The van der Waals surface area contributed by atoms with Crippen LogP contribution in [0.15, 0.2) is 24.3 Å². The molecule has 0 radical (unpaired) electrons. The average molecular weight is 292 g/mol. The lowest BCUT2D eigenvalue weighted by Crippen LogP contribution is -2.41. The van der Waals surface area contributed by atoms with E-state index in [0.29, 0.717) is 6.54 Å². The number of amides is 1. The molecule has 0 spiro atoms. The first kappa shape index (κ1) is 17.5. The van der Waals surface area contributed by atoms with Crippen LogP contribution in [0.4, 0.5) is 5.69 Å². The number of rotatable bonds is 8. The van der Waals surface area contributed by atoms with Gasteiger partial charge in [-0.1, -0.05) is 26.8 Å². The van der Waals surface area contributed by atoms with Gasteiger partial charge in [0.05, 0.1) is 11.5 Å². The highest BCUT2D eigenvalue weighted by molar-refractivity contribution is 5.95. The number of anilines is 1. The fourth-order valence-corrected chi connectivity index (χ4v) is 2.18. The molecule has 1 aromatic rings. The summed E-state index contributed by atoms with van der Waals surface area (Å²) in [6.07, 6.45) is 2.56. The quantitative estimate of drug-likeness (QED) is 0.770. The molecule has 1 unspecified atom stereocenters. The van der Waals surface area contributed by atoms with Crippen molar-refractivity contribution < 1.29 is 9.53 Å². The lowest BCUT2D eigenvalue weighted by molar-refractivity contribution is -0.125. The fraction of sp³-hybridized carbons (Fsp3) is 0.588. The summed E-state index contributed by atoms with van der Waals surface area (Å²) >= 11 is 0. The molecule has 0 saturated heterocycles. The Balaban J connectivity index is 2.83. The summed E-state index contributed by atoms with van der Waals surface area (Å²) in [7, 11) is 0. The van der Waals surface area contributed by atoms with Crippen LogP contribution in [-0.4, -0.2) is 18.6 Å². The van der Waals surface area contributed by atoms with Gasteiger partial charge in [0.25, 0.3) is 0 Å². The van der Waals surface area contributed by atoms with Crippen LogP contribution in [-0.2, 0) is 4.79 Å². The third-order valence-corrected chi connectivity index (χ3v) is 4.23. The van der Waals surface area contributed by atoms with E-state index < -0.39 is 5.41 Å². The highest BCUT2D eigenvalue weighted by Gasteiger charge is 2.33. The Bertz CT molecular complexity index is 448. The lowest BCUT2D eigenvalue weighted by atomic mass is 9.81. The number of carbonyl (C=O) groups is 1. The summed E-state index contributed by atoms with van der Waals surface area (Å²) in [6.45, 7) is 8.46. The smallest absolute Gasteiger partial charge is 0.231 e. The maximum Gasteiger partial charge on any atom is 0.231 e. The van der Waals surface area contributed by atoms with Gasteiger partial charge in [0.15, 0.2) is 0 Å². The second-order valence-corrected chi connectivity index (χ2v) is 5.51. The number of ether oxygens (including phenoxy) is 1. The molecule has 4 heteroatoms. The molecule has 1 amide bonds. The summed E-state index contributed by atoms with van der Waals surface area (Å²) in [5, 5.41) is 2.97. The Morgan fingerprint density at radius 2 is 2.00 bits per heavy atom. The molecule has 0 saturated carbocycles. The summed E-state index contributed by atoms with van der Waals surface area (Å²) in [6, 6.07) is 7.51. The number of hydrogen-bond donors (Lipinski definition) is 2. The SMILES string of the molecule is CCC(C)Oc1cccc(NC(=O)C(CC)(CC)CN)c1. The van der Waals surface area contributed by atoms with Crippen LogP contribution in [0.25, 0.3) is 0 Å². The number of nitrogens with one attached hydrogen (secondary N) is 1. The molecule has 1 atom stereocenters. The zero-order valence-corrected chi connectivity index (χ0v) is 13.6. The van der Waals surface area contributed by atoms with Crippen molar-refractivity contribution in [3.63, 3.8) is 0 Å². The normalized spacial score (nSPS) is 12.8. The number of benzene rings is 1. The first-order chi connectivity index (χ1) is 10.0. The van der Waals surface area contributed by atoms with E-state index in [2.05, 4.69) is 12.2 Å². The number of carbonyl (C=O) groups excluding carboxylic acids is 1. The Hall–Kier alpha value is -1.55. The Kier molecular flexibility index (Phi) is 6.69. The minimum Gasteiger partial charge on any atom is -0.491 e. The van der Waals surface area contributed by atoms with Crippen LogP contribution in [0.2, 0.25) is 0 Å². The van der Waals surface area contributed by atoms with Crippen LogP contribution in [0, 0.1) is 5.41 Å². The topological polar surface area (TPSA) is 64.3 Å². The first-order valence-corrected chi connectivity index (χ1v) is 7.79. The van der Waals surface area contributed by atoms with Crippen LogP contribution >= 0.6 is 0 Å². The first-order valence-electron chi connectivity index (χ1n) is 7.79. The van der Waals surface area contributed by atoms with Crippen molar-refractivity contribution in [2.24, 2.45) is 11.1 Å². The molecular formula is C17H28N2O2. The van der Waals surface area contributed by atoms with E-state index in [0.717, 1.165) is 30.7 Å². The molecule has 1 rings (SSSR count). The van der Waals surface area contributed by atoms with E-state index in [1.165, 1.54) is 0 Å². The predicted octanol–water partition coefficient (Wildman–Crippen LogP) is 3.57. The van der Waals surface area contributed by atoms with Crippen molar-refractivity contribution in [1.82, 2.24) is 0 Å².